The van der Waals surface area contributed by atoms with Crippen LogP contribution in [0.15, 0.2) is 36.4 Å². The van der Waals surface area contributed by atoms with Crippen LogP contribution in [-0.2, 0) is 6.18 Å². The number of nitrogens with zero attached hydrogens (tertiary/aromatic N) is 1. The van der Waals surface area contributed by atoms with Crippen molar-refractivity contribution >= 4 is 11.9 Å². The van der Waals surface area contributed by atoms with Crippen LogP contribution in [0.3, 0.4) is 0 Å². The quantitative estimate of drug-likeness (QED) is 0.613. The minimum absolute atomic E-state index is 0.0777. The molecule has 0 fully saturated rings. The maximum atomic E-state index is 13.0. The van der Waals surface area contributed by atoms with E-state index in [1.54, 1.807) is 24.3 Å². The summed E-state index contributed by atoms with van der Waals surface area (Å²) in [6.07, 6.45) is -3.54. The summed E-state index contributed by atoms with van der Waals surface area (Å²) in [5.74, 6) is 0.627. The highest BCUT2D eigenvalue weighted by atomic mass is 19.4. The molecule has 7 heteroatoms. The number of anilines is 1. The van der Waals surface area contributed by atoms with Gasteiger partial charge in [-0.2, -0.15) is 13.2 Å². The van der Waals surface area contributed by atoms with Crippen molar-refractivity contribution in [2.24, 2.45) is 0 Å². The minimum Gasteiger partial charge on any atom is -0.492 e. The molecular weight excluding hydrogens is 331 g/mol. The molecule has 2 aromatic rings. The number of rotatable bonds is 6. The Hall–Kier alpha value is -2.54. The van der Waals surface area contributed by atoms with Crippen LogP contribution >= 0.6 is 0 Å². The second kappa shape index (κ2) is 7.57. The van der Waals surface area contributed by atoms with Gasteiger partial charge in [0, 0.05) is 24.0 Å². The fraction of sp³-hybridized carbons (Fsp3) is 0.278. The predicted molar refractivity (Wildman–Crippen MR) is 93.2 cm³/mol. The van der Waals surface area contributed by atoms with E-state index in [9.17, 15) is 13.2 Å². The molecule has 0 aliphatic carbocycles. The van der Waals surface area contributed by atoms with Gasteiger partial charge in [0.1, 0.15) is 12.4 Å². The number of ether oxygens (including phenoxy) is 1. The van der Waals surface area contributed by atoms with Gasteiger partial charge in [0.05, 0.1) is 5.56 Å². The highest BCUT2D eigenvalue weighted by Crippen LogP contribution is 2.36. The minimum atomic E-state index is -4.50. The molecule has 3 N–H and O–H groups in total. The highest BCUT2D eigenvalue weighted by molar-refractivity contribution is 5.95. The first kappa shape index (κ1) is 18.8. The van der Waals surface area contributed by atoms with E-state index >= 15 is 0 Å². The lowest BCUT2D eigenvalue weighted by Crippen LogP contribution is -2.19. The Morgan fingerprint density at radius 3 is 2.32 bits per heavy atom. The van der Waals surface area contributed by atoms with Gasteiger partial charge in [-0.05, 0) is 49.5 Å². The first-order valence-corrected chi connectivity index (χ1v) is 7.61. The van der Waals surface area contributed by atoms with Gasteiger partial charge in [0.25, 0.3) is 0 Å². The van der Waals surface area contributed by atoms with Gasteiger partial charge >= 0.3 is 6.18 Å². The molecule has 0 heterocycles. The van der Waals surface area contributed by atoms with Gasteiger partial charge in [-0.15, -0.1) is 0 Å². The van der Waals surface area contributed by atoms with Crippen LogP contribution in [-0.4, -0.2) is 38.4 Å². The van der Waals surface area contributed by atoms with Crippen molar-refractivity contribution in [3.05, 3.63) is 47.5 Å². The fourth-order valence-corrected chi connectivity index (χ4v) is 2.32. The Labute approximate surface area is 144 Å². The number of hydrogen-bond acceptors (Lipinski definition) is 4. The molecule has 0 aromatic heterocycles. The number of halogens is 3. The smallest absolute Gasteiger partial charge is 0.416 e. The number of benzene rings is 2. The Bertz CT molecular complexity index is 740. The van der Waals surface area contributed by atoms with Crippen molar-refractivity contribution in [3.8, 4) is 16.9 Å². The molecule has 0 atom stereocenters. The van der Waals surface area contributed by atoms with Crippen LogP contribution in [0.5, 0.6) is 5.75 Å². The molecule has 0 aliphatic rings. The van der Waals surface area contributed by atoms with E-state index in [0.717, 1.165) is 24.9 Å². The molecule has 2 rings (SSSR count). The summed E-state index contributed by atoms with van der Waals surface area (Å²) in [4.78, 5) is 1.98. The van der Waals surface area contributed by atoms with Crippen molar-refractivity contribution in [3.63, 3.8) is 0 Å². The third kappa shape index (κ3) is 4.73. The molecule has 0 bridgehead atoms. The van der Waals surface area contributed by atoms with Crippen LogP contribution in [0.1, 0.15) is 11.1 Å². The zero-order chi connectivity index (χ0) is 18.6. The Morgan fingerprint density at radius 2 is 1.80 bits per heavy atom. The number of nitrogen functional groups attached to an aromatic ring is 1. The van der Waals surface area contributed by atoms with Gasteiger partial charge in [-0.1, -0.05) is 12.1 Å². The normalized spacial score (nSPS) is 11.6. The van der Waals surface area contributed by atoms with Crippen LogP contribution < -0.4 is 10.5 Å². The highest BCUT2D eigenvalue weighted by Gasteiger charge is 2.32. The number of likely N-dealkylation sites (N-methyl/N-ethyl adjacent to an activating group) is 1. The maximum absolute atomic E-state index is 13.0. The molecular formula is C18H20F3N3O. The molecule has 25 heavy (non-hydrogen) atoms. The van der Waals surface area contributed by atoms with Crippen molar-refractivity contribution in [2.45, 2.75) is 6.18 Å². The first-order chi connectivity index (χ1) is 11.7. The average molecular weight is 351 g/mol. The summed E-state index contributed by atoms with van der Waals surface area (Å²) >= 11 is 0. The third-order valence-electron chi connectivity index (χ3n) is 3.66. The van der Waals surface area contributed by atoms with Gasteiger partial charge in [-0.3, -0.25) is 0 Å². The van der Waals surface area contributed by atoms with Crippen LogP contribution in [0.25, 0.3) is 11.1 Å². The lowest BCUT2D eigenvalue weighted by atomic mass is 9.96. The topological polar surface area (TPSA) is 62.3 Å². The zero-order valence-corrected chi connectivity index (χ0v) is 14.0. The van der Waals surface area contributed by atoms with E-state index in [-0.39, 0.29) is 16.8 Å². The average Bonchev–Trinajstić information content (AvgIpc) is 2.53. The van der Waals surface area contributed by atoms with E-state index in [2.05, 4.69) is 0 Å². The van der Waals surface area contributed by atoms with Crippen molar-refractivity contribution in [1.82, 2.24) is 4.90 Å². The van der Waals surface area contributed by atoms with Crippen LogP contribution in [0.2, 0.25) is 0 Å². The third-order valence-corrected chi connectivity index (χ3v) is 3.66. The van der Waals surface area contributed by atoms with Crippen molar-refractivity contribution < 1.29 is 17.9 Å². The van der Waals surface area contributed by atoms with Gasteiger partial charge < -0.3 is 20.8 Å². The second-order valence-electron chi connectivity index (χ2n) is 5.84. The van der Waals surface area contributed by atoms with Crippen LogP contribution in [0, 0.1) is 5.41 Å². The number of alkyl halides is 3. The zero-order valence-electron chi connectivity index (χ0n) is 14.0. The van der Waals surface area contributed by atoms with E-state index in [1.165, 1.54) is 0 Å². The van der Waals surface area contributed by atoms with E-state index in [0.29, 0.717) is 17.9 Å². The SMILES string of the molecule is CN(C)CCOc1ccc(-c2cc(C(F)(F)F)cc(N)c2C=N)cc1. The largest absolute Gasteiger partial charge is 0.492 e. The summed E-state index contributed by atoms with van der Waals surface area (Å²) in [5, 5.41) is 7.46. The van der Waals surface area contributed by atoms with Crippen molar-refractivity contribution in [2.75, 3.05) is 33.0 Å². The summed E-state index contributed by atoms with van der Waals surface area (Å²) in [6.45, 7) is 1.26. The molecule has 0 saturated heterocycles. The maximum Gasteiger partial charge on any atom is 0.416 e. The fourth-order valence-electron chi connectivity index (χ4n) is 2.32. The number of nitrogens with two attached hydrogens (primary N) is 1. The Morgan fingerprint density at radius 1 is 1.16 bits per heavy atom. The monoisotopic (exact) mass is 351 g/mol. The lowest BCUT2D eigenvalue weighted by Gasteiger charge is -2.15. The van der Waals surface area contributed by atoms with Gasteiger partial charge in [0.2, 0.25) is 0 Å². The van der Waals surface area contributed by atoms with E-state index < -0.39 is 11.7 Å². The van der Waals surface area contributed by atoms with Crippen LogP contribution in [0.4, 0.5) is 18.9 Å². The summed E-state index contributed by atoms with van der Waals surface area (Å²) < 4.78 is 44.7. The first-order valence-electron chi connectivity index (χ1n) is 7.61. The standard InChI is InChI=1S/C18H20F3N3O/c1-24(2)7-8-25-14-5-3-12(4-6-14)15-9-13(18(19,20)21)10-17(23)16(15)11-22/h3-6,9-11,22H,7-8,23H2,1-2H3. The molecule has 4 nitrogen and oxygen atoms in total. The Balaban J connectivity index is 2.34. The van der Waals surface area contributed by atoms with Gasteiger partial charge in [0.15, 0.2) is 0 Å². The summed E-state index contributed by atoms with van der Waals surface area (Å²) in [5.41, 5.74) is 5.86. The molecule has 0 aliphatic heterocycles. The van der Waals surface area contributed by atoms with Gasteiger partial charge in [-0.25, -0.2) is 0 Å². The molecule has 0 radical (unpaired) electrons. The molecule has 0 amide bonds. The lowest BCUT2D eigenvalue weighted by molar-refractivity contribution is -0.137. The molecule has 0 saturated carbocycles. The Kier molecular flexibility index (Phi) is 5.69. The summed E-state index contributed by atoms with van der Waals surface area (Å²) in [7, 11) is 3.87. The van der Waals surface area contributed by atoms with E-state index in [1.807, 2.05) is 19.0 Å². The summed E-state index contributed by atoms with van der Waals surface area (Å²) in [6, 6.07) is 8.56. The number of nitrogens with one attached hydrogen (secondary N) is 1. The molecule has 134 valence electrons. The molecule has 2 aromatic carbocycles. The molecule has 0 unspecified atom stereocenters. The predicted octanol–water partition coefficient (Wildman–Crippen LogP) is 3.89. The molecule has 0 spiro atoms. The van der Waals surface area contributed by atoms with Crippen molar-refractivity contribution in [1.29, 1.82) is 5.41 Å². The number of hydrogen-bond donors (Lipinski definition) is 2. The van der Waals surface area contributed by atoms with E-state index in [4.69, 9.17) is 15.9 Å². The second-order valence-corrected chi connectivity index (χ2v) is 5.84.